The lowest BCUT2D eigenvalue weighted by Gasteiger charge is -2.24. The Labute approximate surface area is 168 Å². The largest absolute Gasteiger partial charge is 0.353 e. The Kier molecular flexibility index (Phi) is 6.96. The number of rotatable bonds is 8. The molecule has 0 radical (unpaired) electrons. The van der Waals surface area contributed by atoms with Crippen LogP contribution < -0.4 is 16.6 Å². The number of hydrogen-bond donors (Lipinski definition) is 2. The third-order valence-corrected chi connectivity index (χ3v) is 6.11. The summed E-state index contributed by atoms with van der Waals surface area (Å²) in [5, 5.41) is 3.41. The summed E-state index contributed by atoms with van der Waals surface area (Å²) < 4.78 is 1.08. The van der Waals surface area contributed by atoms with Crippen molar-refractivity contribution in [3.8, 4) is 0 Å². The zero-order valence-corrected chi connectivity index (χ0v) is 17.3. The van der Waals surface area contributed by atoms with E-state index in [1.54, 1.807) is 36.0 Å². The zero-order chi connectivity index (χ0) is 20.1. The topological polar surface area (TPSA) is 87.2 Å². The lowest BCUT2D eigenvalue weighted by molar-refractivity contribution is -0.124. The summed E-state index contributed by atoms with van der Waals surface area (Å²) >= 11 is 1.59. The lowest BCUT2D eigenvalue weighted by Crippen LogP contribution is -2.47. The van der Waals surface area contributed by atoms with Crippen LogP contribution in [0.3, 0.4) is 0 Å². The van der Waals surface area contributed by atoms with Crippen LogP contribution >= 0.6 is 11.8 Å². The molecule has 1 aliphatic heterocycles. The number of fused-ring (bicyclic) bond motifs is 1. The predicted octanol–water partition coefficient (Wildman–Crippen LogP) is 1.58. The van der Waals surface area contributed by atoms with E-state index in [4.69, 9.17) is 0 Å². The van der Waals surface area contributed by atoms with Crippen molar-refractivity contribution in [2.45, 2.75) is 38.3 Å². The van der Waals surface area contributed by atoms with E-state index in [0.29, 0.717) is 35.7 Å². The Morgan fingerprint density at radius 1 is 1.36 bits per heavy atom. The highest BCUT2D eigenvalue weighted by Crippen LogP contribution is 2.17. The average Bonchev–Trinajstić information content (AvgIpc) is 3.16. The number of carbonyl (C=O) groups excluding carboxylic acids is 1. The minimum atomic E-state index is -0.815. The second-order valence-corrected chi connectivity index (χ2v) is 8.10. The van der Waals surface area contributed by atoms with Gasteiger partial charge in [-0.05, 0) is 56.5 Å². The number of H-pyrrole nitrogens is 1. The number of para-hydroxylation sites is 1. The third-order valence-electron chi connectivity index (χ3n) is 5.46. The molecule has 152 valence electrons. The number of benzene rings is 1. The second kappa shape index (κ2) is 9.43. The number of likely N-dealkylation sites (tertiary alicyclic amines) is 1. The average molecular weight is 405 g/mol. The Balaban J connectivity index is 1.87. The summed E-state index contributed by atoms with van der Waals surface area (Å²) in [7, 11) is 0. The molecule has 1 amide bonds. The molecule has 0 saturated carbocycles. The molecule has 1 saturated heterocycles. The first-order chi connectivity index (χ1) is 13.6. The number of aromatic amines is 1. The van der Waals surface area contributed by atoms with Crippen molar-refractivity contribution in [2.24, 2.45) is 0 Å². The molecule has 7 nitrogen and oxygen atoms in total. The number of nitrogens with zero attached hydrogens (tertiary/aromatic N) is 2. The van der Waals surface area contributed by atoms with Gasteiger partial charge in [0.05, 0.1) is 10.9 Å². The van der Waals surface area contributed by atoms with Crippen LogP contribution in [0, 0.1) is 0 Å². The fraction of sp³-hybridized carbons (Fsp3) is 0.550. The van der Waals surface area contributed by atoms with Crippen LogP contribution in [-0.2, 0) is 4.79 Å². The molecule has 2 heterocycles. The van der Waals surface area contributed by atoms with Crippen molar-refractivity contribution in [1.29, 1.82) is 0 Å². The van der Waals surface area contributed by atoms with Crippen molar-refractivity contribution >= 4 is 28.6 Å². The molecule has 2 atom stereocenters. The van der Waals surface area contributed by atoms with Crippen LogP contribution in [0.5, 0.6) is 0 Å². The highest BCUT2D eigenvalue weighted by molar-refractivity contribution is 7.98. The SMILES string of the molecule is CCN1CCCC1CNC(=O)[C@H](CCSC)n1c(=O)[nH]c2ccccc2c1=O. The molecule has 8 heteroatoms. The summed E-state index contributed by atoms with van der Waals surface area (Å²) in [4.78, 5) is 43.7. The second-order valence-electron chi connectivity index (χ2n) is 7.12. The molecule has 0 aliphatic carbocycles. The number of amides is 1. The number of aromatic nitrogens is 2. The first-order valence-electron chi connectivity index (χ1n) is 9.81. The summed E-state index contributed by atoms with van der Waals surface area (Å²) in [5.41, 5.74) is -0.472. The van der Waals surface area contributed by atoms with Gasteiger partial charge in [-0.1, -0.05) is 19.1 Å². The van der Waals surface area contributed by atoms with Gasteiger partial charge in [-0.25, -0.2) is 9.36 Å². The number of hydrogen-bond acceptors (Lipinski definition) is 5. The maximum Gasteiger partial charge on any atom is 0.329 e. The first kappa shape index (κ1) is 20.7. The van der Waals surface area contributed by atoms with E-state index >= 15 is 0 Å². The molecular formula is C20H28N4O3S. The van der Waals surface area contributed by atoms with Gasteiger partial charge in [0, 0.05) is 12.6 Å². The molecule has 1 aliphatic rings. The van der Waals surface area contributed by atoms with Crippen LogP contribution in [0.4, 0.5) is 0 Å². The van der Waals surface area contributed by atoms with E-state index in [2.05, 4.69) is 22.1 Å². The molecule has 0 spiro atoms. The molecule has 0 bridgehead atoms. The van der Waals surface area contributed by atoms with Crippen molar-refractivity contribution in [3.05, 3.63) is 45.1 Å². The number of nitrogens with one attached hydrogen (secondary N) is 2. The highest BCUT2D eigenvalue weighted by atomic mass is 32.2. The van der Waals surface area contributed by atoms with E-state index < -0.39 is 17.3 Å². The molecule has 1 aromatic heterocycles. The maximum atomic E-state index is 13.0. The monoisotopic (exact) mass is 404 g/mol. The molecular weight excluding hydrogens is 376 g/mol. The summed E-state index contributed by atoms with van der Waals surface area (Å²) in [5.74, 6) is 0.418. The third kappa shape index (κ3) is 4.33. The van der Waals surface area contributed by atoms with E-state index in [9.17, 15) is 14.4 Å². The lowest BCUT2D eigenvalue weighted by atomic mass is 10.1. The van der Waals surface area contributed by atoms with E-state index in [1.165, 1.54) is 0 Å². The Morgan fingerprint density at radius 2 is 2.14 bits per heavy atom. The van der Waals surface area contributed by atoms with Gasteiger partial charge in [0.15, 0.2) is 0 Å². The molecule has 1 aromatic carbocycles. The van der Waals surface area contributed by atoms with Crippen molar-refractivity contribution < 1.29 is 4.79 Å². The summed E-state index contributed by atoms with van der Waals surface area (Å²) in [6.45, 7) is 4.68. The van der Waals surface area contributed by atoms with E-state index in [0.717, 1.165) is 30.5 Å². The fourth-order valence-electron chi connectivity index (χ4n) is 3.94. The standard InChI is InChI=1S/C20H28N4O3S/c1-3-23-11-6-7-14(23)13-21-18(25)17(10-12-28-2)24-19(26)15-8-4-5-9-16(15)22-20(24)27/h4-5,8-9,14,17H,3,6-7,10-13H2,1-2H3,(H,21,25)(H,22,27)/t14?,17-/m0/s1. The first-order valence-corrected chi connectivity index (χ1v) is 11.2. The molecule has 1 fully saturated rings. The van der Waals surface area contributed by atoms with Gasteiger partial charge in [-0.15, -0.1) is 0 Å². The van der Waals surface area contributed by atoms with Gasteiger partial charge in [-0.2, -0.15) is 11.8 Å². The van der Waals surface area contributed by atoms with Crippen LogP contribution in [0.25, 0.3) is 10.9 Å². The van der Waals surface area contributed by atoms with Crippen LogP contribution in [0.1, 0.15) is 32.2 Å². The maximum absolute atomic E-state index is 13.0. The van der Waals surface area contributed by atoms with Gasteiger partial charge in [0.2, 0.25) is 5.91 Å². The van der Waals surface area contributed by atoms with Crippen LogP contribution in [-0.4, -0.2) is 58.0 Å². The quantitative estimate of drug-likeness (QED) is 0.698. The molecule has 2 aromatic rings. The minimum absolute atomic E-state index is 0.264. The summed E-state index contributed by atoms with van der Waals surface area (Å²) in [6, 6.07) is 6.39. The van der Waals surface area contributed by atoms with Gasteiger partial charge >= 0.3 is 5.69 Å². The number of likely N-dealkylation sites (N-methyl/N-ethyl adjacent to an activating group) is 1. The fourth-order valence-corrected chi connectivity index (χ4v) is 4.40. The normalized spacial score (nSPS) is 18.4. The molecule has 3 rings (SSSR count). The minimum Gasteiger partial charge on any atom is -0.353 e. The van der Waals surface area contributed by atoms with Crippen molar-refractivity contribution in [3.63, 3.8) is 0 Å². The van der Waals surface area contributed by atoms with Crippen molar-refractivity contribution in [1.82, 2.24) is 19.8 Å². The Bertz CT molecular complexity index is 939. The number of carbonyl (C=O) groups is 1. The molecule has 2 N–H and O–H groups in total. The van der Waals surface area contributed by atoms with Crippen LogP contribution in [0.2, 0.25) is 0 Å². The smallest absolute Gasteiger partial charge is 0.329 e. The molecule has 28 heavy (non-hydrogen) atoms. The predicted molar refractivity (Wildman–Crippen MR) is 114 cm³/mol. The Hall–Kier alpha value is -2.06. The van der Waals surface area contributed by atoms with Gasteiger partial charge in [-0.3, -0.25) is 14.5 Å². The Morgan fingerprint density at radius 3 is 2.89 bits per heavy atom. The highest BCUT2D eigenvalue weighted by Gasteiger charge is 2.27. The van der Waals surface area contributed by atoms with Gasteiger partial charge in [0.25, 0.3) is 5.56 Å². The van der Waals surface area contributed by atoms with E-state index in [-0.39, 0.29) is 5.91 Å². The van der Waals surface area contributed by atoms with Crippen molar-refractivity contribution in [2.75, 3.05) is 31.6 Å². The van der Waals surface area contributed by atoms with Gasteiger partial charge < -0.3 is 10.3 Å². The van der Waals surface area contributed by atoms with Crippen LogP contribution in [0.15, 0.2) is 33.9 Å². The number of thioether (sulfide) groups is 1. The summed E-state index contributed by atoms with van der Waals surface area (Å²) in [6.07, 6.45) is 4.56. The zero-order valence-electron chi connectivity index (χ0n) is 16.4. The van der Waals surface area contributed by atoms with Gasteiger partial charge in [0.1, 0.15) is 6.04 Å². The molecule has 1 unspecified atom stereocenters. The van der Waals surface area contributed by atoms with E-state index in [1.807, 2.05) is 6.26 Å².